The number of hydrogen-bond acceptors (Lipinski definition) is 9. The molecule has 0 fully saturated rings. The van der Waals surface area contributed by atoms with Gasteiger partial charge in [0.05, 0.1) is 23.8 Å². The van der Waals surface area contributed by atoms with Crippen molar-refractivity contribution in [3.8, 4) is 10.8 Å². The Morgan fingerprint density at radius 2 is 1.63 bits per heavy atom. The van der Waals surface area contributed by atoms with Crippen LogP contribution in [0.5, 0.6) is 5.75 Å². The highest BCUT2D eigenvalue weighted by Gasteiger charge is 2.29. The largest absolute Gasteiger partial charge is 0.491 e. The molecule has 5 rings (SSSR count). The van der Waals surface area contributed by atoms with Crippen molar-refractivity contribution in [1.29, 1.82) is 0 Å². The second-order valence-corrected chi connectivity index (χ2v) is 12.8. The lowest BCUT2D eigenvalue weighted by Crippen LogP contribution is -2.11. The van der Waals surface area contributed by atoms with Crippen LogP contribution in [-0.4, -0.2) is 55.3 Å². The number of rotatable bonds is 11. The Morgan fingerprint density at radius 3 is 2.37 bits per heavy atom. The molecule has 0 bridgehead atoms. The van der Waals surface area contributed by atoms with E-state index in [1.54, 1.807) is 35.6 Å². The number of fused-ring (bicyclic) bond motifs is 3. The molecule has 1 atom stereocenters. The molecule has 3 heterocycles. The van der Waals surface area contributed by atoms with Gasteiger partial charge in [-0.1, -0.05) is 17.7 Å². The lowest BCUT2D eigenvalue weighted by atomic mass is 9.99. The van der Waals surface area contributed by atoms with Crippen molar-refractivity contribution >= 4 is 27.2 Å². The fourth-order valence-corrected chi connectivity index (χ4v) is 6.77. The highest BCUT2D eigenvalue weighted by Crippen LogP contribution is 2.38. The molecule has 0 spiro atoms. The first-order valence-electron chi connectivity index (χ1n) is 13.5. The molecule has 0 aliphatic carbocycles. The Hall–Kier alpha value is -3.38. The average Bonchev–Trinajstić information content (AvgIpc) is 3.43. The number of aryl methyl sites for hydroxylation is 3. The van der Waals surface area contributed by atoms with Crippen molar-refractivity contribution in [2.45, 2.75) is 52.0 Å². The molecule has 2 aromatic heterocycles. The van der Waals surface area contributed by atoms with Crippen LogP contribution in [0.1, 0.15) is 58.2 Å². The zero-order chi connectivity index (χ0) is 29.1. The lowest BCUT2D eigenvalue weighted by molar-refractivity contribution is 0.0910. The van der Waals surface area contributed by atoms with Crippen molar-refractivity contribution in [3.05, 3.63) is 87.3 Å². The van der Waals surface area contributed by atoms with E-state index < -0.39 is 10.1 Å². The van der Waals surface area contributed by atoms with E-state index in [0.29, 0.717) is 26.2 Å². The van der Waals surface area contributed by atoms with Gasteiger partial charge in [0, 0.05) is 22.6 Å². The predicted molar refractivity (Wildman–Crippen MR) is 159 cm³/mol. The number of thiophene rings is 1. The fraction of sp³-hybridized carbons (Fsp3) is 0.367. The number of hydrogen-bond donors (Lipinski definition) is 0. The van der Waals surface area contributed by atoms with Gasteiger partial charge in [-0.2, -0.15) is 8.42 Å². The Balaban J connectivity index is 1.12. The minimum absolute atomic E-state index is 0.0589. The van der Waals surface area contributed by atoms with Crippen LogP contribution >= 0.6 is 11.3 Å². The van der Waals surface area contributed by atoms with Crippen LogP contribution in [0.25, 0.3) is 5.00 Å². The molecule has 9 nitrogen and oxygen atoms in total. The summed E-state index contributed by atoms with van der Waals surface area (Å²) in [5.41, 5.74) is 5.29. The molecule has 11 heteroatoms. The molecule has 41 heavy (non-hydrogen) atoms. The summed E-state index contributed by atoms with van der Waals surface area (Å²) in [7, 11) is -3.75. The minimum atomic E-state index is -3.75. The first-order chi connectivity index (χ1) is 19.7. The zero-order valence-electron chi connectivity index (χ0n) is 23.9. The SMILES string of the molecule is Cc1ccc(S(=O)(=O)OCCCOCCOc2ccc(C3=N[C@@H](C)c4nnc(C)n4-c4sc(C)c(C)c43)cc2)cc1. The molecular weight excluding hydrogens is 560 g/mol. The van der Waals surface area contributed by atoms with Crippen LogP contribution in [-0.2, 0) is 19.0 Å². The summed E-state index contributed by atoms with van der Waals surface area (Å²) in [4.78, 5) is 6.49. The van der Waals surface area contributed by atoms with E-state index in [4.69, 9.17) is 18.6 Å². The quantitative estimate of drug-likeness (QED) is 0.163. The number of aliphatic imine (C=N–C) groups is 1. The standard InChI is InChI=1S/C30H34N4O5S2/c1-19-7-13-26(14-8-19)41(35,36)39-16-6-15-37-17-18-38-25-11-9-24(10-12-25)28-27-20(2)22(4)40-30(27)34-23(5)32-33-29(34)21(3)31-28/h7-14,21H,6,15-18H2,1-5H3/t21-/m0/s1. The van der Waals surface area contributed by atoms with E-state index in [1.165, 1.54) is 10.4 Å². The van der Waals surface area contributed by atoms with Crippen LogP contribution in [0.2, 0.25) is 0 Å². The van der Waals surface area contributed by atoms with Crippen molar-refractivity contribution in [2.24, 2.45) is 4.99 Å². The predicted octanol–water partition coefficient (Wildman–Crippen LogP) is 5.67. The van der Waals surface area contributed by atoms with Gasteiger partial charge in [-0.05, 0) is 83.0 Å². The summed E-state index contributed by atoms with van der Waals surface area (Å²) in [6.07, 6.45) is 0.457. The van der Waals surface area contributed by atoms with Gasteiger partial charge in [0.25, 0.3) is 10.1 Å². The monoisotopic (exact) mass is 594 g/mol. The molecule has 1 aliphatic rings. The van der Waals surface area contributed by atoms with E-state index >= 15 is 0 Å². The van der Waals surface area contributed by atoms with Crippen LogP contribution in [0.15, 0.2) is 58.4 Å². The van der Waals surface area contributed by atoms with Crippen molar-refractivity contribution in [3.63, 3.8) is 0 Å². The van der Waals surface area contributed by atoms with Crippen LogP contribution < -0.4 is 4.74 Å². The third-order valence-corrected chi connectivity index (χ3v) is 9.48. The Bertz CT molecular complexity index is 1660. The summed E-state index contributed by atoms with van der Waals surface area (Å²) < 4.78 is 43.1. The van der Waals surface area contributed by atoms with E-state index in [1.807, 2.05) is 45.0 Å². The highest BCUT2D eigenvalue weighted by atomic mass is 32.2. The Labute approximate surface area is 245 Å². The van der Waals surface area contributed by atoms with Gasteiger partial charge in [-0.3, -0.25) is 13.7 Å². The maximum absolute atomic E-state index is 12.2. The lowest BCUT2D eigenvalue weighted by Gasteiger charge is -2.11. The second-order valence-electron chi connectivity index (χ2n) is 9.99. The summed E-state index contributed by atoms with van der Waals surface area (Å²) in [5.74, 6) is 2.44. The molecule has 0 saturated carbocycles. The smallest absolute Gasteiger partial charge is 0.296 e. The van der Waals surface area contributed by atoms with Gasteiger partial charge < -0.3 is 9.47 Å². The van der Waals surface area contributed by atoms with Gasteiger partial charge in [0.15, 0.2) is 5.82 Å². The molecule has 1 aliphatic heterocycles. The molecule has 0 saturated heterocycles. The van der Waals surface area contributed by atoms with Crippen LogP contribution in [0.3, 0.4) is 0 Å². The topological polar surface area (TPSA) is 105 Å². The molecule has 4 aromatic rings. The minimum Gasteiger partial charge on any atom is -0.491 e. The number of ether oxygens (including phenoxy) is 2. The van der Waals surface area contributed by atoms with E-state index in [0.717, 1.165) is 44.8 Å². The first kappa shape index (κ1) is 29.1. The second kappa shape index (κ2) is 12.2. The maximum Gasteiger partial charge on any atom is 0.296 e. The zero-order valence-corrected chi connectivity index (χ0v) is 25.5. The summed E-state index contributed by atoms with van der Waals surface area (Å²) in [6.45, 7) is 11.4. The summed E-state index contributed by atoms with van der Waals surface area (Å²) >= 11 is 1.74. The van der Waals surface area contributed by atoms with Crippen LogP contribution in [0, 0.1) is 27.7 Å². The molecule has 0 N–H and O–H groups in total. The van der Waals surface area contributed by atoms with Gasteiger partial charge in [-0.15, -0.1) is 21.5 Å². The van der Waals surface area contributed by atoms with E-state index in [2.05, 4.69) is 28.6 Å². The first-order valence-corrected chi connectivity index (χ1v) is 15.8. The molecule has 2 aromatic carbocycles. The molecule has 0 amide bonds. The normalized spacial score (nSPS) is 14.8. The number of benzene rings is 2. The number of aromatic nitrogens is 3. The number of nitrogens with zero attached hydrogens (tertiary/aromatic N) is 4. The fourth-order valence-electron chi connectivity index (χ4n) is 4.61. The van der Waals surface area contributed by atoms with Gasteiger partial charge >= 0.3 is 0 Å². The Kier molecular flexibility index (Phi) is 8.69. The van der Waals surface area contributed by atoms with Gasteiger partial charge in [-0.25, -0.2) is 0 Å². The Morgan fingerprint density at radius 1 is 0.902 bits per heavy atom. The van der Waals surface area contributed by atoms with Crippen molar-refractivity contribution in [1.82, 2.24) is 14.8 Å². The van der Waals surface area contributed by atoms with E-state index in [9.17, 15) is 8.42 Å². The molecule has 0 unspecified atom stereocenters. The van der Waals surface area contributed by atoms with Crippen molar-refractivity contribution < 1.29 is 22.1 Å². The average molecular weight is 595 g/mol. The van der Waals surface area contributed by atoms with Gasteiger partial charge in [0.1, 0.15) is 29.2 Å². The third kappa shape index (κ3) is 6.28. The van der Waals surface area contributed by atoms with Crippen LogP contribution in [0.4, 0.5) is 0 Å². The summed E-state index contributed by atoms with van der Waals surface area (Å²) in [5, 5.41) is 9.83. The summed E-state index contributed by atoms with van der Waals surface area (Å²) in [6, 6.07) is 14.4. The maximum atomic E-state index is 12.2. The highest BCUT2D eigenvalue weighted by molar-refractivity contribution is 7.86. The molecule has 0 radical (unpaired) electrons. The van der Waals surface area contributed by atoms with Crippen molar-refractivity contribution in [2.75, 3.05) is 26.4 Å². The van der Waals surface area contributed by atoms with E-state index in [-0.39, 0.29) is 17.5 Å². The van der Waals surface area contributed by atoms with Gasteiger partial charge in [0.2, 0.25) is 0 Å². The molecule has 216 valence electrons. The third-order valence-electron chi connectivity index (χ3n) is 6.96. The molecular formula is C30H34N4O5S2.